The lowest BCUT2D eigenvalue weighted by Gasteiger charge is -2.28. The zero-order valence-electron chi connectivity index (χ0n) is 22.3. The molecule has 1 aromatic heterocycles. The fourth-order valence-corrected chi connectivity index (χ4v) is 4.99. The van der Waals surface area contributed by atoms with E-state index in [1.165, 1.54) is 55.8 Å². The highest BCUT2D eigenvalue weighted by atomic mass is 79.9. The monoisotopic (exact) mass is 613 g/mol. The van der Waals surface area contributed by atoms with E-state index >= 15 is 0 Å². The highest BCUT2D eigenvalue weighted by Crippen LogP contribution is 2.25. The molecule has 1 aromatic carbocycles. The third-order valence-electron chi connectivity index (χ3n) is 6.70. The summed E-state index contributed by atoms with van der Waals surface area (Å²) in [6.45, 7) is 2.95. The van der Waals surface area contributed by atoms with Gasteiger partial charge in [0.2, 0.25) is 0 Å². The molecule has 0 saturated carbocycles. The largest absolute Gasteiger partial charge is 0.481 e. The molecule has 3 N–H and O–H groups in total. The number of aliphatic carboxylic acids is 1. The molecule has 2 atom stereocenters. The van der Waals surface area contributed by atoms with Crippen LogP contribution in [0.5, 0.6) is 0 Å². The minimum absolute atomic E-state index is 0.0691. The Hall–Kier alpha value is -1.81. The van der Waals surface area contributed by atoms with Gasteiger partial charge in [-0.1, -0.05) is 69.9 Å². The van der Waals surface area contributed by atoms with Crippen molar-refractivity contribution < 1.29 is 19.8 Å². The number of rotatable bonds is 14. The lowest BCUT2D eigenvalue weighted by atomic mass is 9.97. The second kappa shape index (κ2) is 17.7. The Morgan fingerprint density at radius 1 is 1.13 bits per heavy atom. The summed E-state index contributed by atoms with van der Waals surface area (Å²) in [4.78, 5) is 39.2. The van der Waals surface area contributed by atoms with Crippen molar-refractivity contribution in [2.45, 2.75) is 109 Å². The smallest absolute Gasteiger partial charge is 0.303 e. The number of aromatic nitrogens is 2. The van der Waals surface area contributed by atoms with Crippen molar-refractivity contribution in [2.75, 3.05) is 6.54 Å². The molecule has 0 spiro atoms. The summed E-state index contributed by atoms with van der Waals surface area (Å²) >= 11 is 9.33. The number of hydrogen-bond acceptors (Lipinski definition) is 6. The van der Waals surface area contributed by atoms with Gasteiger partial charge in [-0.3, -0.25) is 19.0 Å². The molecular weight excluding hydrogens is 574 g/mol. The molecule has 0 unspecified atom stereocenters. The van der Waals surface area contributed by atoms with Crippen molar-refractivity contribution in [1.82, 2.24) is 14.9 Å². The lowest BCUT2D eigenvalue weighted by Crippen LogP contribution is -2.46. The first-order chi connectivity index (χ1) is 18.2. The molecule has 3 rings (SSSR count). The van der Waals surface area contributed by atoms with Crippen LogP contribution in [-0.2, 0) is 16.1 Å². The molecule has 1 saturated heterocycles. The number of unbranched alkanes of at least 4 members (excludes halogenated alkanes) is 8. The van der Waals surface area contributed by atoms with Gasteiger partial charge in [-0.25, -0.2) is 4.98 Å². The van der Waals surface area contributed by atoms with Crippen molar-refractivity contribution in [3.05, 3.63) is 38.3 Å². The molecule has 10 heteroatoms. The number of benzene rings is 1. The van der Waals surface area contributed by atoms with Crippen molar-refractivity contribution in [1.29, 1.82) is 0 Å². The third kappa shape index (κ3) is 11.5. The maximum Gasteiger partial charge on any atom is 0.303 e. The number of ketones is 1. The molecule has 0 bridgehead atoms. The molecule has 0 amide bonds. The van der Waals surface area contributed by atoms with Crippen molar-refractivity contribution >= 4 is 50.2 Å². The van der Waals surface area contributed by atoms with Gasteiger partial charge in [0.15, 0.2) is 5.78 Å². The highest BCUT2D eigenvalue weighted by Gasteiger charge is 2.25. The fourth-order valence-electron chi connectivity index (χ4n) is 4.50. The van der Waals surface area contributed by atoms with Gasteiger partial charge in [0, 0.05) is 23.4 Å². The minimum Gasteiger partial charge on any atom is -0.481 e. The minimum atomic E-state index is -0.659. The first-order valence-electron chi connectivity index (χ1n) is 13.7. The van der Waals surface area contributed by atoms with Gasteiger partial charge in [0.05, 0.1) is 34.9 Å². The molecular formula is C28H41BrClN3O5. The number of hydrogen-bond donors (Lipinski definition) is 3. The van der Waals surface area contributed by atoms with E-state index in [1.807, 2.05) is 0 Å². The number of aliphatic hydroxyl groups is 1. The Kier molecular flexibility index (Phi) is 15.1. The number of Topliss-reactive ketones (excluding diaryl/α,β-unsaturated/α-hetero) is 1. The molecule has 0 radical (unpaired) electrons. The third-order valence-corrected chi connectivity index (χ3v) is 7.90. The quantitative estimate of drug-likeness (QED) is 0.227. The van der Waals surface area contributed by atoms with Crippen LogP contribution in [0.3, 0.4) is 0 Å². The van der Waals surface area contributed by atoms with Crippen LogP contribution in [-0.4, -0.2) is 50.2 Å². The standard InChI is InChI=1S/C16H17BrClN3O3.C12H24O2/c17-11-6-13-10(5-12(11)18)16(24)21(8-20-13)7-9(22)4-14-15(23)2-1-3-19-14;1-2-3-4-5-6-7-8-9-10-11-12(13)14/h5-6,8,14-15,19,23H,1-4,7H2;2-11H2,1H3,(H,13,14)/t14-,15+;/m1./s1. The van der Waals surface area contributed by atoms with E-state index in [-0.39, 0.29) is 30.3 Å². The van der Waals surface area contributed by atoms with Gasteiger partial charge in [-0.05, 0) is 53.9 Å². The average Bonchev–Trinajstić information content (AvgIpc) is 2.88. The second-order valence-corrected chi connectivity index (χ2v) is 11.2. The van der Waals surface area contributed by atoms with Crippen LogP contribution in [0.4, 0.5) is 0 Å². The molecule has 1 fully saturated rings. The van der Waals surface area contributed by atoms with Gasteiger partial charge in [0.25, 0.3) is 5.56 Å². The number of nitrogens with one attached hydrogen (secondary N) is 1. The first kappa shape index (κ1) is 32.4. The first-order valence-corrected chi connectivity index (χ1v) is 14.9. The molecule has 0 aliphatic carbocycles. The molecule has 212 valence electrons. The van der Waals surface area contributed by atoms with Crippen molar-refractivity contribution in [3.63, 3.8) is 0 Å². The number of carbonyl (C=O) groups is 2. The number of nitrogens with zero attached hydrogens (tertiary/aromatic N) is 2. The van der Waals surface area contributed by atoms with E-state index in [0.717, 1.165) is 25.8 Å². The topological polar surface area (TPSA) is 122 Å². The number of carboxylic acid groups (broad SMARTS) is 1. The lowest BCUT2D eigenvalue weighted by molar-refractivity contribution is -0.137. The van der Waals surface area contributed by atoms with Gasteiger partial charge in [0.1, 0.15) is 0 Å². The molecule has 1 aliphatic heterocycles. The van der Waals surface area contributed by atoms with Gasteiger partial charge in [-0.2, -0.15) is 0 Å². The predicted molar refractivity (Wildman–Crippen MR) is 155 cm³/mol. The molecule has 2 aromatic rings. The number of piperidine rings is 1. The van der Waals surface area contributed by atoms with E-state index in [2.05, 4.69) is 33.2 Å². The fraction of sp³-hybridized carbons (Fsp3) is 0.643. The summed E-state index contributed by atoms with van der Waals surface area (Å²) in [5.41, 5.74) is 0.212. The summed E-state index contributed by atoms with van der Waals surface area (Å²) < 4.78 is 1.94. The maximum atomic E-state index is 12.5. The average molecular weight is 615 g/mol. The van der Waals surface area contributed by atoms with Crippen molar-refractivity contribution in [3.8, 4) is 0 Å². The Morgan fingerprint density at radius 2 is 1.79 bits per heavy atom. The van der Waals surface area contributed by atoms with E-state index in [0.29, 0.717) is 33.2 Å². The molecule has 2 heterocycles. The van der Waals surface area contributed by atoms with Gasteiger partial charge >= 0.3 is 5.97 Å². The van der Waals surface area contributed by atoms with Crippen LogP contribution >= 0.6 is 27.5 Å². The Balaban J connectivity index is 0.000000312. The number of fused-ring (bicyclic) bond motifs is 1. The van der Waals surface area contributed by atoms with Crippen LogP contribution in [0, 0.1) is 0 Å². The van der Waals surface area contributed by atoms with Crippen LogP contribution in [0.15, 0.2) is 27.7 Å². The zero-order chi connectivity index (χ0) is 27.9. The van der Waals surface area contributed by atoms with Crippen molar-refractivity contribution in [2.24, 2.45) is 0 Å². The summed E-state index contributed by atoms with van der Waals surface area (Å²) in [6.07, 6.45) is 14.1. The van der Waals surface area contributed by atoms with Crippen LogP contribution < -0.4 is 10.9 Å². The maximum absolute atomic E-state index is 12.5. The van der Waals surface area contributed by atoms with E-state index in [9.17, 15) is 19.5 Å². The predicted octanol–water partition coefficient (Wildman–Crippen LogP) is 5.88. The summed E-state index contributed by atoms with van der Waals surface area (Å²) in [5.74, 6) is -0.784. The number of halogens is 2. The summed E-state index contributed by atoms with van der Waals surface area (Å²) in [6, 6.07) is 2.97. The Morgan fingerprint density at radius 3 is 2.42 bits per heavy atom. The number of carboxylic acids is 1. The number of aliphatic hydroxyl groups excluding tert-OH is 1. The molecule has 8 nitrogen and oxygen atoms in total. The van der Waals surface area contributed by atoms with E-state index < -0.39 is 12.1 Å². The second-order valence-electron chi connectivity index (χ2n) is 9.95. The normalized spacial score (nSPS) is 17.2. The Bertz CT molecular complexity index is 1090. The Labute approximate surface area is 238 Å². The zero-order valence-corrected chi connectivity index (χ0v) is 24.6. The summed E-state index contributed by atoms with van der Waals surface area (Å²) in [5, 5.41) is 22.3. The SMILES string of the molecule is CCCCCCCCCCCC(=O)O.O=C(C[C@H]1NCCC[C@@H]1O)Cn1cnc2cc(Br)c(Cl)cc2c1=O. The highest BCUT2D eigenvalue weighted by molar-refractivity contribution is 9.10. The van der Waals surface area contributed by atoms with Gasteiger partial charge < -0.3 is 15.5 Å². The van der Waals surface area contributed by atoms with Crippen LogP contribution in [0.2, 0.25) is 5.02 Å². The van der Waals surface area contributed by atoms with E-state index in [1.54, 1.807) is 12.1 Å². The van der Waals surface area contributed by atoms with Gasteiger partial charge in [-0.15, -0.1) is 0 Å². The van der Waals surface area contributed by atoms with E-state index in [4.69, 9.17) is 16.7 Å². The van der Waals surface area contributed by atoms with Crippen LogP contribution in [0.1, 0.15) is 90.4 Å². The van der Waals surface area contributed by atoms with Crippen LogP contribution in [0.25, 0.3) is 10.9 Å². The summed E-state index contributed by atoms with van der Waals surface area (Å²) in [7, 11) is 0. The molecule has 1 aliphatic rings. The number of carbonyl (C=O) groups excluding carboxylic acids is 1. The molecule has 38 heavy (non-hydrogen) atoms.